The molecular weight excluding hydrogens is 310 g/mol. The van der Waals surface area contributed by atoms with Crippen molar-refractivity contribution in [2.24, 2.45) is 0 Å². The average Bonchev–Trinajstić information content (AvgIpc) is 2.97. The van der Waals surface area contributed by atoms with Crippen LogP contribution in [0.2, 0.25) is 0 Å². The van der Waals surface area contributed by atoms with Crippen LogP contribution in [0.25, 0.3) is 10.9 Å². The molecule has 1 aromatic carbocycles. The van der Waals surface area contributed by atoms with E-state index in [0.717, 1.165) is 27.4 Å². The third-order valence-electron chi connectivity index (χ3n) is 3.45. The third kappa shape index (κ3) is 3.71. The summed E-state index contributed by atoms with van der Waals surface area (Å²) in [5, 5.41) is 1.79. The van der Waals surface area contributed by atoms with Crippen molar-refractivity contribution in [3.63, 3.8) is 0 Å². The number of amides is 1. The maximum absolute atomic E-state index is 12.3. The minimum Gasteiger partial charge on any atom is -0.464 e. The van der Waals surface area contributed by atoms with Gasteiger partial charge < -0.3 is 9.32 Å². The van der Waals surface area contributed by atoms with Crippen molar-refractivity contribution in [3.8, 4) is 0 Å². The Labute approximate surface area is 138 Å². The number of rotatable bonds is 5. The summed E-state index contributed by atoms with van der Waals surface area (Å²) in [6.45, 7) is 2.36. The van der Waals surface area contributed by atoms with E-state index in [1.807, 2.05) is 43.3 Å². The van der Waals surface area contributed by atoms with E-state index in [0.29, 0.717) is 12.3 Å². The lowest BCUT2D eigenvalue weighted by Gasteiger charge is -2.15. The summed E-state index contributed by atoms with van der Waals surface area (Å²) in [6.07, 6.45) is 1.53. The normalized spacial score (nSPS) is 10.9. The monoisotopic (exact) mass is 327 g/mol. The molecule has 0 N–H and O–H groups in total. The number of furan rings is 1. The van der Waals surface area contributed by atoms with E-state index in [1.54, 1.807) is 11.9 Å². The second-order valence-corrected chi connectivity index (χ2v) is 6.21. The molecule has 0 unspecified atom stereocenters. The molecule has 6 heteroatoms. The molecule has 0 aliphatic rings. The Balaban J connectivity index is 1.63. The smallest absolute Gasteiger partial charge is 0.233 e. The van der Waals surface area contributed by atoms with Crippen molar-refractivity contribution in [1.82, 2.24) is 14.9 Å². The zero-order valence-corrected chi connectivity index (χ0v) is 13.8. The van der Waals surface area contributed by atoms with Gasteiger partial charge >= 0.3 is 0 Å². The summed E-state index contributed by atoms with van der Waals surface area (Å²) in [6, 6.07) is 11.6. The molecule has 5 nitrogen and oxygen atoms in total. The van der Waals surface area contributed by atoms with Crippen LogP contribution < -0.4 is 0 Å². The third-order valence-corrected chi connectivity index (χ3v) is 4.44. The number of hydrogen-bond donors (Lipinski definition) is 0. The van der Waals surface area contributed by atoms with Gasteiger partial charge in [-0.15, -0.1) is 0 Å². The van der Waals surface area contributed by atoms with Gasteiger partial charge in [0.1, 0.15) is 22.9 Å². The van der Waals surface area contributed by atoms with Crippen LogP contribution in [0.15, 0.2) is 52.2 Å². The number of fused-ring (bicyclic) bond motifs is 1. The summed E-state index contributed by atoms with van der Waals surface area (Å²) in [4.78, 5) is 22.5. The van der Waals surface area contributed by atoms with Crippen molar-refractivity contribution in [1.29, 1.82) is 0 Å². The molecule has 2 heterocycles. The Kier molecular flexibility index (Phi) is 4.62. The van der Waals surface area contributed by atoms with Crippen LogP contribution in [-0.4, -0.2) is 33.6 Å². The number of aryl methyl sites for hydroxylation is 1. The number of para-hydroxylation sites is 1. The predicted octanol–water partition coefficient (Wildman–Crippen LogP) is 3.28. The molecule has 0 aliphatic carbocycles. The molecular formula is C17H17N3O2S. The molecule has 1 amide bonds. The van der Waals surface area contributed by atoms with E-state index in [2.05, 4.69) is 9.97 Å². The SMILES string of the molecule is Cc1ccc(CN(C)C(=O)CSc2ncnc3ccccc23)o1. The molecule has 0 aliphatic heterocycles. The molecule has 118 valence electrons. The van der Waals surface area contributed by atoms with Crippen LogP contribution >= 0.6 is 11.8 Å². The molecule has 0 saturated heterocycles. The standard InChI is InChI=1S/C17H17N3O2S/c1-12-7-8-13(22-12)9-20(2)16(21)10-23-17-14-5-3-4-6-15(14)18-11-19-17/h3-8,11H,9-10H2,1-2H3. The molecule has 0 radical (unpaired) electrons. The van der Waals surface area contributed by atoms with E-state index >= 15 is 0 Å². The van der Waals surface area contributed by atoms with Gasteiger partial charge in [-0.2, -0.15) is 0 Å². The van der Waals surface area contributed by atoms with Crippen LogP contribution in [0, 0.1) is 6.92 Å². The summed E-state index contributed by atoms with van der Waals surface area (Å²) in [5.41, 5.74) is 0.886. The van der Waals surface area contributed by atoms with E-state index in [1.165, 1.54) is 18.1 Å². The van der Waals surface area contributed by atoms with Crippen molar-refractivity contribution < 1.29 is 9.21 Å². The maximum atomic E-state index is 12.3. The summed E-state index contributed by atoms with van der Waals surface area (Å²) in [5.74, 6) is 2.00. The summed E-state index contributed by atoms with van der Waals surface area (Å²) >= 11 is 1.43. The molecule has 0 bridgehead atoms. The number of carbonyl (C=O) groups is 1. The summed E-state index contributed by atoms with van der Waals surface area (Å²) < 4.78 is 5.50. The lowest BCUT2D eigenvalue weighted by molar-refractivity contribution is -0.127. The van der Waals surface area contributed by atoms with Crippen molar-refractivity contribution in [2.75, 3.05) is 12.8 Å². The first-order chi connectivity index (χ1) is 11.1. The Morgan fingerprint density at radius 3 is 2.83 bits per heavy atom. The van der Waals surface area contributed by atoms with Gasteiger partial charge in [0.05, 0.1) is 17.8 Å². The van der Waals surface area contributed by atoms with Gasteiger partial charge in [0, 0.05) is 12.4 Å². The van der Waals surface area contributed by atoms with Gasteiger partial charge in [-0.3, -0.25) is 4.79 Å². The molecule has 3 rings (SSSR count). The van der Waals surface area contributed by atoms with Gasteiger partial charge in [0.15, 0.2) is 0 Å². The summed E-state index contributed by atoms with van der Waals surface area (Å²) in [7, 11) is 1.78. The highest BCUT2D eigenvalue weighted by atomic mass is 32.2. The molecule has 23 heavy (non-hydrogen) atoms. The molecule has 0 atom stereocenters. The number of nitrogens with zero attached hydrogens (tertiary/aromatic N) is 3. The Hall–Kier alpha value is -2.34. The Morgan fingerprint density at radius 2 is 2.04 bits per heavy atom. The first kappa shape index (κ1) is 15.6. The Bertz CT molecular complexity index is 826. The second kappa shape index (κ2) is 6.83. The molecule has 3 aromatic rings. The first-order valence-corrected chi connectivity index (χ1v) is 8.24. The highest BCUT2D eigenvalue weighted by Gasteiger charge is 2.13. The second-order valence-electron chi connectivity index (χ2n) is 5.25. The zero-order valence-electron chi connectivity index (χ0n) is 13.0. The quantitative estimate of drug-likeness (QED) is 0.532. The fourth-order valence-corrected chi connectivity index (χ4v) is 3.16. The van der Waals surface area contributed by atoms with Crippen LogP contribution in [-0.2, 0) is 11.3 Å². The van der Waals surface area contributed by atoms with Gasteiger partial charge in [-0.25, -0.2) is 9.97 Å². The minimum absolute atomic E-state index is 0.0340. The zero-order chi connectivity index (χ0) is 16.2. The van der Waals surface area contributed by atoms with Gasteiger partial charge in [-0.05, 0) is 25.1 Å². The maximum Gasteiger partial charge on any atom is 0.233 e. The van der Waals surface area contributed by atoms with Crippen LogP contribution in [0.4, 0.5) is 0 Å². The molecule has 0 saturated carbocycles. The van der Waals surface area contributed by atoms with Crippen LogP contribution in [0.3, 0.4) is 0 Å². The van der Waals surface area contributed by atoms with Crippen molar-refractivity contribution >= 4 is 28.6 Å². The Morgan fingerprint density at radius 1 is 1.22 bits per heavy atom. The van der Waals surface area contributed by atoms with Crippen LogP contribution in [0.5, 0.6) is 0 Å². The van der Waals surface area contributed by atoms with Crippen molar-refractivity contribution in [2.45, 2.75) is 18.5 Å². The topological polar surface area (TPSA) is 59.2 Å². The van der Waals surface area contributed by atoms with E-state index < -0.39 is 0 Å². The fraction of sp³-hybridized carbons (Fsp3) is 0.235. The lowest BCUT2D eigenvalue weighted by atomic mass is 10.2. The fourth-order valence-electron chi connectivity index (χ4n) is 2.23. The largest absolute Gasteiger partial charge is 0.464 e. The lowest BCUT2D eigenvalue weighted by Crippen LogP contribution is -2.27. The molecule has 2 aromatic heterocycles. The van der Waals surface area contributed by atoms with E-state index in [4.69, 9.17) is 4.42 Å². The number of thioether (sulfide) groups is 1. The predicted molar refractivity (Wildman–Crippen MR) is 90.2 cm³/mol. The highest BCUT2D eigenvalue weighted by molar-refractivity contribution is 8.00. The van der Waals surface area contributed by atoms with Gasteiger partial charge in [0.25, 0.3) is 0 Å². The number of carbonyl (C=O) groups excluding carboxylic acids is 1. The molecule has 0 fully saturated rings. The van der Waals surface area contributed by atoms with E-state index in [9.17, 15) is 4.79 Å². The minimum atomic E-state index is 0.0340. The average molecular weight is 327 g/mol. The first-order valence-electron chi connectivity index (χ1n) is 7.25. The number of benzene rings is 1. The number of aromatic nitrogens is 2. The van der Waals surface area contributed by atoms with Gasteiger partial charge in [-0.1, -0.05) is 30.0 Å². The molecule has 0 spiro atoms. The van der Waals surface area contributed by atoms with E-state index in [-0.39, 0.29) is 5.91 Å². The highest BCUT2D eigenvalue weighted by Crippen LogP contribution is 2.24. The van der Waals surface area contributed by atoms with Crippen LogP contribution in [0.1, 0.15) is 11.5 Å². The van der Waals surface area contributed by atoms with Crippen molar-refractivity contribution in [3.05, 3.63) is 54.2 Å². The number of hydrogen-bond acceptors (Lipinski definition) is 5. The van der Waals surface area contributed by atoms with Gasteiger partial charge in [0.2, 0.25) is 5.91 Å².